The summed E-state index contributed by atoms with van der Waals surface area (Å²) < 4.78 is 89.2. The van der Waals surface area contributed by atoms with Gasteiger partial charge in [0.2, 0.25) is 0 Å². The number of fused-ring (bicyclic) bond motifs is 1. The highest BCUT2D eigenvalue weighted by Gasteiger charge is 2.57. The molecule has 4 heterocycles. The Morgan fingerprint density at radius 1 is 0.541 bits per heavy atom. The minimum atomic E-state index is -1.39. The summed E-state index contributed by atoms with van der Waals surface area (Å²) >= 11 is 0. The normalized spacial score (nSPS) is 29.3. The van der Waals surface area contributed by atoms with Crippen molar-refractivity contribution in [1.82, 2.24) is 0 Å². The lowest BCUT2D eigenvalue weighted by atomic mass is 9.85. The third-order valence-corrected chi connectivity index (χ3v) is 16.5. The van der Waals surface area contributed by atoms with Crippen molar-refractivity contribution < 1.29 is 76.3 Å². The molecule has 1 N–H and O–H groups in total. The highest BCUT2D eigenvalue weighted by Crippen LogP contribution is 2.41. The maximum Gasteiger partial charge on any atom is 0.338 e. The summed E-state index contributed by atoms with van der Waals surface area (Å²) in [5.41, 5.74) is 4.83. The lowest BCUT2D eigenvalue weighted by Gasteiger charge is -2.51. The predicted octanol–water partition coefficient (Wildman–Crippen LogP) is 11.1. The van der Waals surface area contributed by atoms with E-state index in [-0.39, 0.29) is 70.6 Å². The summed E-state index contributed by atoms with van der Waals surface area (Å²) in [5.74, 6) is -1.70. The molecule has 4 saturated heterocycles. The molecule has 15 atom stereocenters. The Hall–Kier alpha value is -6.22. The molecule has 6 aromatic carbocycles. The van der Waals surface area contributed by atoms with Crippen LogP contribution in [0.25, 0.3) is 0 Å². The van der Waals surface area contributed by atoms with Crippen molar-refractivity contribution in [2.45, 2.75) is 170 Å². The minimum absolute atomic E-state index is 0.0133. The number of aliphatic carboxylic acids is 1. The smallest absolute Gasteiger partial charge is 0.338 e. The van der Waals surface area contributed by atoms with Crippen LogP contribution in [0.4, 0.5) is 0 Å². The number of esters is 1. The molecule has 4 aliphatic heterocycles. The molecule has 85 heavy (non-hydrogen) atoms. The fraction of sp³-hybridized carbons (Fsp3) is 0.449. The van der Waals surface area contributed by atoms with E-state index in [9.17, 15) is 14.7 Å². The Kier molecular flexibility index (Phi) is 21.6. The molecule has 1 aliphatic carbocycles. The number of carbonyl (C=O) groups excluding carboxylic acids is 1. The van der Waals surface area contributed by atoms with Crippen LogP contribution in [-0.2, 0) is 92.8 Å². The van der Waals surface area contributed by atoms with Crippen LogP contribution in [0.15, 0.2) is 182 Å². The number of benzene rings is 6. The molecule has 5 aliphatic rings. The van der Waals surface area contributed by atoms with Crippen LogP contribution in [0.3, 0.4) is 0 Å². The molecule has 0 radical (unpaired) electrons. The molecule has 5 fully saturated rings. The van der Waals surface area contributed by atoms with E-state index in [0.717, 1.165) is 59.9 Å². The summed E-state index contributed by atoms with van der Waals surface area (Å²) in [5, 5.41) is 11.0. The molecule has 0 spiro atoms. The average molecular weight is 1160 g/mol. The summed E-state index contributed by atoms with van der Waals surface area (Å²) in [6.45, 7) is 3.25. The molecule has 0 bridgehead atoms. The van der Waals surface area contributed by atoms with Gasteiger partial charge < -0.3 is 66.7 Å². The number of carbonyl (C=O) groups is 2. The fourth-order valence-electron chi connectivity index (χ4n) is 12.1. The summed E-state index contributed by atoms with van der Waals surface area (Å²) in [6, 6.07) is 57.7. The van der Waals surface area contributed by atoms with E-state index < -0.39 is 104 Å². The quantitative estimate of drug-likeness (QED) is 0.0536. The van der Waals surface area contributed by atoms with E-state index >= 15 is 0 Å². The minimum Gasteiger partial charge on any atom is -0.479 e. The highest BCUT2D eigenvalue weighted by molar-refractivity contribution is 5.89. The Labute approximate surface area is 497 Å². The molecular formula is C69H78O16. The van der Waals surface area contributed by atoms with Crippen molar-refractivity contribution in [3.05, 3.63) is 215 Å². The zero-order valence-electron chi connectivity index (χ0n) is 48.0. The van der Waals surface area contributed by atoms with Crippen LogP contribution in [0, 0.1) is 5.92 Å². The molecule has 0 aromatic heterocycles. The number of carboxylic acids is 1. The zero-order valence-corrected chi connectivity index (χ0v) is 48.0. The van der Waals surface area contributed by atoms with Crippen molar-refractivity contribution in [2.24, 2.45) is 5.92 Å². The van der Waals surface area contributed by atoms with Crippen LogP contribution < -0.4 is 0 Å². The monoisotopic (exact) mass is 1160 g/mol. The first-order valence-electron chi connectivity index (χ1n) is 30.1. The van der Waals surface area contributed by atoms with Gasteiger partial charge in [0.05, 0.1) is 57.4 Å². The zero-order chi connectivity index (χ0) is 58.2. The molecule has 0 unspecified atom stereocenters. The van der Waals surface area contributed by atoms with Gasteiger partial charge in [-0.25, -0.2) is 9.59 Å². The fourth-order valence-corrected chi connectivity index (χ4v) is 12.1. The topological polar surface area (TPSA) is 174 Å². The van der Waals surface area contributed by atoms with E-state index in [1.54, 1.807) is 30.3 Å². The first-order chi connectivity index (χ1) is 41.8. The first kappa shape index (κ1) is 60.5. The second-order valence-corrected chi connectivity index (χ2v) is 22.6. The number of carboxylic acid groups (broad SMARTS) is 1. The summed E-state index contributed by atoms with van der Waals surface area (Å²) in [7, 11) is 0. The van der Waals surface area contributed by atoms with Crippen molar-refractivity contribution in [1.29, 1.82) is 0 Å². The van der Waals surface area contributed by atoms with Crippen LogP contribution in [-0.4, -0.2) is 123 Å². The van der Waals surface area contributed by atoms with Gasteiger partial charge in [-0.3, -0.25) is 0 Å². The van der Waals surface area contributed by atoms with Crippen molar-refractivity contribution in [3.63, 3.8) is 0 Å². The van der Waals surface area contributed by atoms with E-state index in [1.807, 2.05) is 159 Å². The maximum atomic E-state index is 14.6. The van der Waals surface area contributed by atoms with E-state index in [4.69, 9.17) is 61.6 Å². The molecule has 6 aromatic rings. The number of rotatable bonds is 25. The lowest BCUT2D eigenvalue weighted by Crippen LogP contribution is -2.66. The third kappa shape index (κ3) is 16.3. The maximum absolute atomic E-state index is 14.6. The third-order valence-electron chi connectivity index (χ3n) is 16.5. The average Bonchev–Trinajstić information content (AvgIpc) is 3.04. The largest absolute Gasteiger partial charge is 0.479 e. The predicted molar refractivity (Wildman–Crippen MR) is 311 cm³/mol. The van der Waals surface area contributed by atoms with Crippen molar-refractivity contribution in [2.75, 3.05) is 19.8 Å². The van der Waals surface area contributed by atoms with Crippen molar-refractivity contribution >= 4 is 11.9 Å². The molecule has 16 nitrogen and oxygen atoms in total. The Morgan fingerprint density at radius 3 is 1.68 bits per heavy atom. The standard InChI is InChI=1S/C69H78O16/c1-46-58(75-41-49-27-13-4-14-28-49)61(76-42-50-29-15-5-16-30-50)63(77-43-51-31-17-6-18-32-51)68(79-46)84-59-54(37-38-74-56(59)44-73-40-48-25-11-3-12-26-48)81-69-64(83-66(72)52-33-19-7-20-34-52)62(80-55(65(70)71)39-47-23-9-2-10-24-47)60-57(82-69)45-78-67(85-60)53-35-21-8-22-36-53/h3-8,11-22,25-36,46-47,54-64,67-69H,2,9-10,23-24,37-45H2,1H3,(H,70,71)/t46-,54+,55-,56+,57+,58+,59-,60-,61+,62-,63-,64+,67-,68-,69+/m0/s1. The second-order valence-electron chi connectivity index (χ2n) is 22.6. The second kappa shape index (κ2) is 30.4. The Bertz CT molecular complexity index is 2920. The number of ether oxygens (including phenoxy) is 13. The van der Waals surface area contributed by atoms with Gasteiger partial charge in [-0.1, -0.05) is 202 Å². The SMILES string of the molecule is C[C@@H]1O[C@@H](O[C@@H]2[C@@H](COCc3ccccc3)OCC[C@H]2O[C@@H]2O[C@@H]3CO[C@H](c4ccccc4)O[C@@H]3[C@H](O[C@@H](CC3CCCCC3)C(=O)O)[C@H]2OC(=O)c2ccccc2)[C@@H](OCc2ccccc2)[C@H](OCc2ccccc2)[C@@H]1OCc1ccccc1. The molecule has 16 heteroatoms. The van der Waals surface area contributed by atoms with Gasteiger partial charge >= 0.3 is 11.9 Å². The molecule has 1 saturated carbocycles. The van der Waals surface area contributed by atoms with Crippen LogP contribution in [0.5, 0.6) is 0 Å². The summed E-state index contributed by atoms with van der Waals surface area (Å²) in [6.07, 6.45) is -9.17. The first-order valence-corrected chi connectivity index (χ1v) is 30.1. The van der Waals surface area contributed by atoms with Gasteiger partial charge in [0.15, 0.2) is 31.1 Å². The van der Waals surface area contributed by atoms with Gasteiger partial charge in [0.25, 0.3) is 0 Å². The Balaban J connectivity index is 0.950. The van der Waals surface area contributed by atoms with Crippen LogP contribution in [0.2, 0.25) is 0 Å². The van der Waals surface area contributed by atoms with E-state index in [1.165, 1.54) is 0 Å². The van der Waals surface area contributed by atoms with Crippen LogP contribution >= 0.6 is 0 Å². The Morgan fingerprint density at radius 2 is 1.08 bits per heavy atom. The lowest BCUT2D eigenvalue weighted by molar-refractivity contribution is -0.386. The van der Waals surface area contributed by atoms with E-state index in [0.29, 0.717) is 0 Å². The van der Waals surface area contributed by atoms with Crippen molar-refractivity contribution in [3.8, 4) is 0 Å². The van der Waals surface area contributed by atoms with E-state index in [2.05, 4.69) is 0 Å². The molecular weight excluding hydrogens is 1080 g/mol. The highest BCUT2D eigenvalue weighted by atomic mass is 16.8. The van der Waals surface area contributed by atoms with Gasteiger partial charge in [0.1, 0.15) is 48.8 Å². The molecule has 0 amide bonds. The van der Waals surface area contributed by atoms with Crippen LogP contribution in [0.1, 0.15) is 96.3 Å². The molecule has 450 valence electrons. The van der Waals surface area contributed by atoms with Gasteiger partial charge in [-0.2, -0.15) is 0 Å². The summed E-state index contributed by atoms with van der Waals surface area (Å²) in [4.78, 5) is 28.0. The molecule has 11 rings (SSSR count). The number of hydrogen-bond acceptors (Lipinski definition) is 15. The van der Waals surface area contributed by atoms with Gasteiger partial charge in [-0.15, -0.1) is 0 Å². The van der Waals surface area contributed by atoms with Gasteiger partial charge in [-0.05, 0) is 60.1 Å². The number of hydrogen-bond donors (Lipinski definition) is 1. The van der Waals surface area contributed by atoms with Gasteiger partial charge in [0, 0.05) is 12.2 Å².